The van der Waals surface area contributed by atoms with Crippen LogP contribution in [0.2, 0.25) is 0 Å². The molecule has 0 aliphatic carbocycles. The van der Waals surface area contributed by atoms with E-state index in [9.17, 15) is 8.42 Å². The second-order valence-corrected chi connectivity index (χ2v) is 7.82. The van der Waals surface area contributed by atoms with Gasteiger partial charge in [0.15, 0.2) is 0 Å². The molecule has 1 aromatic heterocycles. The highest BCUT2D eigenvalue weighted by atomic mass is 32.2. The van der Waals surface area contributed by atoms with Crippen LogP contribution < -0.4 is 10.5 Å². The molecule has 1 heterocycles. The minimum Gasteiger partial charge on any atom is -0.389 e. The second kappa shape index (κ2) is 6.65. The summed E-state index contributed by atoms with van der Waals surface area (Å²) in [6.07, 6.45) is 0.645. The standard InChI is InChI=1S/C14H16N2O2S3/c1-10(9-11-5-4-8-20-11)16-21(17,18)13-7-3-2-6-12(13)14(15)19/h2-8,10,16H,9H2,1H3,(H2,15,19). The smallest absolute Gasteiger partial charge is 0.241 e. The monoisotopic (exact) mass is 340 g/mol. The van der Waals surface area contributed by atoms with Gasteiger partial charge in [0.1, 0.15) is 4.99 Å². The van der Waals surface area contributed by atoms with Crippen molar-refractivity contribution in [3.63, 3.8) is 0 Å². The number of hydrogen-bond donors (Lipinski definition) is 2. The van der Waals surface area contributed by atoms with Crippen LogP contribution in [-0.4, -0.2) is 19.4 Å². The first-order valence-electron chi connectivity index (χ1n) is 6.33. The lowest BCUT2D eigenvalue weighted by Crippen LogP contribution is -2.35. The summed E-state index contributed by atoms with van der Waals surface area (Å²) in [5, 5.41) is 1.97. The van der Waals surface area contributed by atoms with E-state index in [2.05, 4.69) is 4.72 Å². The van der Waals surface area contributed by atoms with Gasteiger partial charge in [-0.1, -0.05) is 36.5 Å². The van der Waals surface area contributed by atoms with Crippen molar-refractivity contribution in [1.82, 2.24) is 4.72 Å². The van der Waals surface area contributed by atoms with Gasteiger partial charge in [-0.05, 0) is 30.9 Å². The third-order valence-electron chi connectivity index (χ3n) is 2.89. The maximum atomic E-state index is 12.5. The van der Waals surface area contributed by atoms with E-state index in [-0.39, 0.29) is 15.9 Å². The summed E-state index contributed by atoms with van der Waals surface area (Å²) in [6.45, 7) is 1.83. The van der Waals surface area contributed by atoms with Gasteiger partial charge in [0.2, 0.25) is 10.0 Å². The van der Waals surface area contributed by atoms with Crippen LogP contribution in [0.25, 0.3) is 0 Å². The normalized spacial score (nSPS) is 13.0. The Labute approximate surface area is 134 Å². The number of sulfonamides is 1. The van der Waals surface area contributed by atoms with Crippen molar-refractivity contribution in [1.29, 1.82) is 0 Å². The van der Waals surface area contributed by atoms with Gasteiger partial charge >= 0.3 is 0 Å². The average molecular weight is 340 g/mol. The van der Waals surface area contributed by atoms with Crippen LogP contribution in [0.1, 0.15) is 17.4 Å². The molecule has 112 valence electrons. The Balaban J connectivity index is 2.20. The molecule has 0 saturated carbocycles. The van der Waals surface area contributed by atoms with Crippen molar-refractivity contribution >= 4 is 38.6 Å². The fraction of sp³-hybridized carbons (Fsp3) is 0.214. The Bertz CT molecular complexity index is 724. The van der Waals surface area contributed by atoms with Gasteiger partial charge in [-0.2, -0.15) is 0 Å². The molecule has 1 aromatic carbocycles. The minimum atomic E-state index is -3.65. The average Bonchev–Trinajstić information content (AvgIpc) is 2.90. The maximum Gasteiger partial charge on any atom is 0.241 e. The van der Waals surface area contributed by atoms with E-state index in [0.717, 1.165) is 4.88 Å². The molecule has 0 saturated heterocycles. The van der Waals surface area contributed by atoms with Crippen molar-refractivity contribution in [2.24, 2.45) is 5.73 Å². The van der Waals surface area contributed by atoms with Crippen LogP contribution >= 0.6 is 23.6 Å². The lowest BCUT2D eigenvalue weighted by atomic mass is 10.2. The van der Waals surface area contributed by atoms with Crippen LogP contribution in [0.3, 0.4) is 0 Å². The molecule has 0 spiro atoms. The molecule has 2 rings (SSSR count). The van der Waals surface area contributed by atoms with E-state index in [1.807, 2.05) is 24.4 Å². The van der Waals surface area contributed by atoms with Crippen molar-refractivity contribution < 1.29 is 8.42 Å². The zero-order chi connectivity index (χ0) is 15.5. The zero-order valence-electron chi connectivity index (χ0n) is 11.4. The molecule has 0 aliphatic rings. The van der Waals surface area contributed by atoms with E-state index >= 15 is 0 Å². The summed E-state index contributed by atoms with van der Waals surface area (Å²) in [5.41, 5.74) is 5.96. The Morgan fingerprint density at radius 1 is 1.33 bits per heavy atom. The molecule has 4 nitrogen and oxygen atoms in total. The van der Waals surface area contributed by atoms with Gasteiger partial charge < -0.3 is 5.73 Å². The summed E-state index contributed by atoms with van der Waals surface area (Å²) in [5.74, 6) is 0. The molecule has 21 heavy (non-hydrogen) atoms. The number of nitrogens with one attached hydrogen (secondary N) is 1. The number of thiophene rings is 1. The van der Waals surface area contributed by atoms with Gasteiger partial charge in [0.25, 0.3) is 0 Å². The number of thiocarbonyl (C=S) groups is 1. The number of hydrogen-bond acceptors (Lipinski definition) is 4. The van der Waals surface area contributed by atoms with Gasteiger partial charge in [-0.3, -0.25) is 0 Å². The van der Waals surface area contributed by atoms with E-state index in [1.165, 1.54) is 6.07 Å². The maximum absolute atomic E-state index is 12.5. The molecule has 1 unspecified atom stereocenters. The zero-order valence-corrected chi connectivity index (χ0v) is 13.9. The first-order valence-corrected chi connectivity index (χ1v) is 9.11. The van der Waals surface area contributed by atoms with Gasteiger partial charge in [0, 0.05) is 16.5 Å². The highest BCUT2D eigenvalue weighted by molar-refractivity contribution is 7.89. The fourth-order valence-corrected chi connectivity index (χ4v) is 4.55. The Hall–Kier alpha value is -1.28. The van der Waals surface area contributed by atoms with Crippen molar-refractivity contribution in [3.05, 3.63) is 52.2 Å². The Kier molecular flexibility index (Phi) is 5.10. The van der Waals surface area contributed by atoms with Crippen molar-refractivity contribution in [3.8, 4) is 0 Å². The lowest BCUT2D eigenvalue weighted by Gasteiger charge is -2.15. The van der Waals surface area contributed by atoms with Crippen LogP contribution in [0.15, 0.2) is 46.7 Å². The molecule has 7 heteroatoms. The highest BCUT2D eigenvalue weighted by Crippen LogP contribution is 2.17. The van der Waals surface area contributed by atoms with Crippen molar-refractivity contribution in [2.75, 3.05) is 0 Å². The molecule has 0 amide bonds. The molecule has 0 bridgehead atoms. The molecule has 0 aliphatic heterocycles. The molecule has 0 fully saturated rings. The van der Waals surface area contributed by atoms with Gasteiger partial charge in [-0.25, -0.2) is 13.1 Å². The number of benzene rings is 1. The summed E-state index contributed by atoms with van der Waals surface area (Å²) in [7, 11) is -3.65. The Morgan fingerprint density at radius 2 is 2.05 bits per heavy atom. The van der Waals surface area contributed by atoms with Gasteiger partial charge in [0.05, 0.1) is 4.90 Å². The fourth-order valence-electron chi connectivity index (χ4n) is 2.01. The number of nitrogens with two attached hydrogens (primary N) is 1. The van der Waals surface area contributed by atoms with E-state index in [0.29, 0.717) is 12.0 Å². The lowest BCUT2D eigenvalue weighted by molar-refractivity contribution is 0.560. The molecule has 1 atom stereocenters. The van der Waals surface area contributed by atoms with E-state index < -0.39 is 10.0 Å². The predicted octanol–water partition coefficient (Wildman–Crippen LogP) is 2.29. The highest BCUT2D eigenvalue weighted by Gasteiger charge is 2.21. The summed E-state index contributed by atoms with van der Waals surface area (Å²) >= 11 is 6.52. The second-order valence-electron chi connectivity index (χ2n) is 4.67. The van der Waals surface area contributed by atoms with E-state index in [1.54, 1.807) is 29.5 Å². The summed E-state index contributed by atoms with van der Waals surface area (Å²) in [4.78, 5) is 1.32. The van der Waals surface area contributed by atoms with Crippen LogP contribution in [0.4, 0.5) is 0 Å². The minimum absolute atomic E-state index is 0.0712. The quantitative estimate of drug-likeness (QED) is 0.792. The largest absolute Gasteiger partial charge is 0.389 e. The molecule has 0 radical (unpaired) electrons. The van der Waals surface area contributed by atoms with Crippen molar-refractivity contribution in [2.45, 2.75) is 24.3 Å². The summed E-state index contributed by atoms with van der Waals surface area (Å²) < 4.78 is 27.6. The third kappa shape index (κ3) is 4.10. The molecule has 3 N–H and O–H groups in total. The van der Waals surface area contributed by atoms with Crippen LogP contribution in [0, 0.1) is 0 Å². The topological polar surface area (TPSA) is 72.2 Å². The number of rotatable bonds is 6. The SMILES string of the molecule is CC(Cc1cccs1)NS(=O)(=O)c1ccccc1C(N)=S. The molecule has 2 aromatic rings. The van der Waals surface area contributed by atoms with Crippen LogP contribution in [-0.2, 0) is 16.4 Å². The first-order chi connectivity index (χ1) is 9.90. The van der Waals surface area contributed by atoms with Crippen LogP contribution in [0.5, 0.6) is 0 Å². The molecular weight excluding hydrogens is 324 g/mol. The summed E-state index contributed by atoms with van der Waals surface area (Å²) in [6, 6.07) is 10.2. The molecular formula is C14H16N2O2S3. The third-order valence-corrected chi connectivity index (χ3v) is 5.65. The first kappa shape index (κ1) is 16.1. The Morgan fingerprint density at radius 3 is 2.67 bits per heavy atom. The van der Waals surface area contributed by atoms with Gasteiger partial charge in [-0.15, -0.1) is 11.3 Å². The predicted molar refractivity (Wildman–Crippen MR) is 90.1 cm³/mol. The van der Waals surface area contributed by atoms with E-state index in [4.69, 9.17) is 18.0 Å².